The van der Waals surface area contributed by atoms with E-state index in [9.17, 15) is 0 Å². The van der Waals surface area contributed by atoms with Crippen LogP contribution in [0.15, 0.2) is 18.9 Å². The van der Waals surface area contributed by atoms with Gasteiger partial charge in [-0.1, -0.05) is 0 Å². The van der Waals surface area contributed by atoms with E-state index in [2.05, 4.69) is 19.9 Å². The summed E-state index contributed by atoms with van der Waals surface area (Å²) in [5.41, 5.74) is 1.59. The Bertz CT molecular complexity index is 288. The maximum Gasteiger partial charge on any atom is 0.160 e. The van der Waals surface area contributed by atoms with Crippen LogP contribution in [0.25, 0.3) is 11.2 Å². The molecule has 0 bridgehead atoms. The topological polar surface area (TPSA) is 86.0 Å². The molecule has 0 atom stereocenters. The lowest BCUT2D eigenvalue weighted by atomic mass is 10.6. The van der Waals surface area contributed by atoms with E-state index in [-0.39, 0.29) is 5.48 Å². The minimum atomic E-state index is 0. The number of aromatic amines is 1. The number of nitrogens with zero attached hydrogens (tertiary/aromatic N) is 3. The lowest BCUT2D eigenvalue weighted by Gasteiger charge is -1.80. The standard InChI is InChI=1S/C5H4N4.H2O/c1-4-5(8-2-6-1)9-3-7-4;/h1-3H,(H,6,7,8,9);1H2. The SMILES string of the molecule is O.c1ncc2nc[nH]c2n1. The Kier molecular flexibility index (Phi) is 1.59. The van der Waals surface area contributed by atoms with Gasteiger partial charge in [0.15, 0.2) is 5.65 Å². The zero-order valence-electron chi connectivity index (χ0n) is 5.07. The Morgan fingerprint density at radius 2 is 2.20 bits per heavy atom. The van der Waals surface area contributed by atoms with E-state index >= 15 is 0 Å². The quantitative estimate of drug-likeness (QED) is 0.533. The Morgan fingerprint density at radius 3 is 3.00 bits per heavy atom. The van der Waals surface area contributed by atoms with Gasteiger partial charge in [0.2, 0.25) is 0 Å². The number of fused-ring (bicyclic) bond motifs is 1. The van der Waals surface area contributed by atoms with Crippen molar-refractivity contribution in [2.45, 2.75) is 0 Å². The third-order valence-corrected chi connectivity index (χ3v) is 1.10. The molecule has 0 saturated heterocycles. The maximum absolute atomic E-state index is 3.94. The molecule has 0 aliphatic rings. The van der Waals surface area contributed by atoms with Gasteiger partial charge in [-0.3, -0.25) is 0 Å². The Morgan fingerprint density at radius 1 is 1.30 bits per heavy atom. The molecule has 0 aliphatic carbocycles. The van der Waals surface area contributed by atoms with E-state index in [1.807, 2.05) is 0 Å². The average molecular weight is 138 g/mol. The maximum atomic E-state index is 3.94. The van der Waals surface area contributed by atoms with E-state index in [1.54, 1.807) is 12.5 Å². The van der Waals surface area contributed by atoms with Gasteiger partial charge in [-0.2, -0.15) is 0 Å². The summed E-state index contributed by atoms with van der Waals surface area (Å²) >= 11 is 0. The van der Waals surface area contributed by atoms with Gasteiger partial charge in [0.1, 0.15) is 11.8 Å². The summed E-state index contributed by atoms with van der Waals surface area (Å²) in [6.45, 7) is 0. The highest BCUT2D eigenvalue weighted by atomic mass is 16.0. The van der Waals surface area contributed by atoms with Crippen molar-refractivity contribution >= 4 is 11.2 Å². The van der Waals surface area contributed by atoms with Crippen LogP contribution in [0.4, 0.5) is 0 Å². The molecule has 2 heterocycles. The molecule has 3 N–H and O–H groups in total. The van der Waals surface area contributed by atoms with Crippen molar-refractivity contribution in [1.82, 2.24) is 19.9 Å². The van der Waals surface area contributed by atoms with Gasteiger partial charge in [0.05, 0.1) is 12.5 Å². The molecule has 0 aliphatic heterocycles. The van der Waals surface area contributed by atoms with Crippen LogP contribution in [0.1, 0.15) is 0 Å². The second kappa shape index (κ2) is 2.40. The van der Waals surface area contributed by atoms with Crippen LogP contribution in [0.5, 0.6) is 0 Å². The summed E-state index contributed by atoms with van der Waals surface area (Å²) in [6.07, 6.45) is 4.75. The molecule has 2 rings (SSSR count). The van der Waals surface area contributed by atoms with Crippen molar-refractivity contribution in [1.29, 1.82) is 0 Å². The van der Waals surface area contributed by atoms with Crippen LogP contribution in [-0.2, 0) is 0 Å². The summed E-state index contributed by atoms with van der Waals surface area (Å²) in [5, 5.41) is 0. The predicted molar refractivity (Wildman–Crippen MR) is 35.3 cm³/mol. The van der Waals surface area contributed by atoms with Gasteiger partial charge in [-0.25, -0.2) is 15.0 Å². The zero-order chi connectivity index (χ0) is 6.10. The van der Waals surface area contributed by atoms with Gasteiger partial charge in [0, 0.05) is 0 Å². The fraction of sp³-hybridized carbons (Fsp3) is 0. The first kappa shape index (κ1) is 6.63. The fourth-order valence-corrected chi connectivity index (χ4v) is 0.691. The number of aromatic nitrogens is 4. The number of rotatable bonds is 0. The summed E-state index contributed by atoms with van der Waals surface area (Å²) in [6, 6.07) is 0. The molecule has 5 heteroatoms. The van der Waals surface area contributed by atoms with Crippen LogP contribution in [0.3, 0.4) is 0 Å². The van der Waals surface area contributed by atoms with Crippen LogP contribution in [-0.4, -0.2) is 25.4 Å². The molecule has 5 nitrogen and oxygen atoms in total. The minimum absolute atomic E-state index is 0. The second-order valence-electron chi connectivity index (χ2n) is 1.66. The van der Waals surface area contributed by atoms with Gasteiger partial charge >= 0.3 is 0 Å². The molecule has 0 fully saturated rings. The number of H-pyrrole nitrogens is 1. The molecule has 0 radical (unpaired) electrons. The molecule has 0 amide bonds. The van der Waals surface area contributed by atoms with Gasteiger partial charge < -0.3 is 10.5 Å². The molecule has 0 unspecified atom stereocenters. The molecule has 0 aromatic carbocycles. The van der Waals surface area contributed by atoms with Crippen molar-refractivity contribution in [2.24, 2.45) is 0 Å². The highest BCUT2D eigenvalue weighted by Gasteiger charge is 1.91. The highest BCUT2D eigenvalue weighted by molar-refractivity contribution is 5.67. The lowest BCUT2D eigenvalue weighted by Crippen LogP contribution is -1.76. The van der Waals surface area contributed by atoms with Crippen LogP contribution in [0, 0.1) is 0 Å². The van der Waals surface area contributed by atoms with Crippen molar-refractivity contribution in [3.05, 3.63) is 18.9 Å². The van der Waals surface area contributed by atoms with E-state index in [4.69, 9.17) is 0 Å². The summed E-state index contributed by atoms with van der Waals surface area (Å²) in [5.74, 6) is 0. The van der Waals surface area contributed by atoms with Gasteiger partial charge in [-0.05, 0) is 0 Å². The Balaban J connectivity index is 0.000000500. The summed E-state index contributed by atoms with van der Waals surface area (Å²) in [4.78, 5) is 14.5. The van der Waals surface area contributed by atoms with Crippen molar-refractivity contribution in [3.63, 3.8) is 0 Å². The number of nitrogens with one attached hydrogen (secondary N) is 1. The van der Waals surface area contributed by atoms with Crippen LogP contribution in [0.2, 0.25) is 0 Å². The van der Waals surface area contributed by atoms with Crippen molar-refractivity contribution < 1.29 is 5.48 Å². The van der Waals surface area contributed by atoms with E-state index < -0.39 is 0 Å². The van der Waals surface area contributed by atoms with Crippen LogP contribution >= 0.6 is 0 Å². The molecule has 0 saturated carbocycles. The van der Waals surface area contributed by atoms with Crippen molar-refractivity contribution in [2.75, 3.05) is 0 Å². The molecule has 52 valence electrons. The minimum Gasteiger partial charge on any atom is -0.412 e. The van der Waals surface area contributed by atoms with Gasteiger partial charge in [-0.15, -0.1) is 0 Å². The Labute approximate surface area is 56.5 Å². The van der Waals surface area contributed by atoms with Crippen LogP contribution < -0.4 is 0 Å². The zero-order valence-corrected chi connectivity index (χ0v) is 5.07. The Hall–Kier alpha value is -1.49. The molecule has 10 heavy (non-hydrogen) atoms. The van der Waals surface area contributed by atoms with E-state index in [1.165, 1.54) is 6.33 Å². The molecule has 0 spiro atoms. The highest BCUT2D eigenvalue weighted by Crippen LogP contribution is 1.99. The molecular formula is C5H6N4O. The third-order valence-electron chi connectivity index (χ3n) is 1.10. The summed E-state index contributed by atoms with van der Waals surface area (Å²) < 4.78 is 0. The number of hydrogen-bond donors (Lipinski definition) is 1. The third kappa shape index (κ3) is 0.822. The molecule has 2 aromatic heterocycles. The normalized spacial score (nSPS) is 9.20. The largest absolute Gasteiger partial charge is 0.412 e. The first-order valence-corrected chi connectivity index (χ1v) is 2.56. The average Bonchev–Trinajstić information content (AvgIpc) is 2.33. The first-order chi connectivity index (χ1) is 4.47. The molecular weight excluding hydrogens is 132 g/mol. The lowest BCUT2D eigenvalue weighted by molar-refractivity contribution is 0.824. The van der Waals surface area contributed by atoms with E-state index in [0.29, 0.717) is 0 Å². The van der Waals surface area contributed by atoms with E-state index in [0.717, 1.165) is 11.2 Å². The predicted octanol–water partition coefficient (Wildman–Crippen LogP) is -0.472. The smallest absolute Gasteiger partial charge is 0.160 e. The second-order valence-corrected chi connectivity index (χ2v) is 1.66. The number of imidazole rings is 1. The van der Waals surface area contributed by atoms with Crippen molar-refractivity contribution in [3.8, 4) is 0 Å². The summed E-state index contributed by atoms with van der Waals surface area (Å²) in [7, 11) is 0. The monoisotopic (exact) mass is 138 g/mol. The molecule has 2 aromatic rings. The number of hydrogen-bond acceptors (Lipinski definition) is 3. The fourth-order valence-electron chi connectivity index (χ4n) is 0.691. The van der Waals surface area contributed by atoms with Gasteiger partial charge in [0.25, 0.3) is 0 Å². The first-order valence-electron chi connectivity index (χ1n) is 2.56.